The van der Waals surface area contributed by atoms with Crippen molar-refractivity contribution in [3.8, 4) is 0 Å². The van der Waals surface area contributed by atoms with Crippen LogP contribution in [-0.4, -0.2) is 15.9 Å². The minimum absolute atomic E-state index is 0.408. The van der Waals surface area contributed by atoms with Crippen molar-refractivity contribution in [3.63, 3.8) is 0 Å². The SMILES string of the molecule is CC=C(C)[SiH2]OC(C)C12C=CC(CC1)C2. The molecule has 15 heavy (non-hydrogen) atoms. The molecule has 2 heteroatoms. The molecule has 1 nitrogen and oxygen atoms in total. The topological polar surface area (TPSA) is 9.23 Å². The average molecular weight is 222 g/mol. The van der Waals surface area contributed by atoms with Crippen molar-refractivity contribution in [1.29, 1.82) is 0 Å². The first-order valence-corrected chi connectivity index (χ1v) is 7.37. The number of rotatable bonds is 4. The second-order valence-corrected chi connectivity index (χ2v) is 6.92. The third kappa shape index (κ3) is 2.11. The van der Waals surface area contributed by atoms with Gasteiger partial charge in [-0.3, -0.25) is 0 Å². The Morgan fingerprint density at radius 1 is 1.67 bits per heavy atom. The van der Waals surface area contributed by atoms with Gasteiger partial charge in [0, 0.05) is 5.41 Å². The van der Waals surface area contributed by atoms with Crippen LogP contribution in [0.25, 0.3) is 0 Å². The van der Waals surface area contributed by atoms with Gasteiger partial charge in [-0.1, -0.05) is 23.4 Å². The van der Waals surface area contributed by atoms with Crippen LogP contribution in [0.15, 0.2) is 23.4 Å². The van der Waals surface area contributed by atoms with Crippen molar-refractivity contribution in [2.75, 3.05) is 0 Å². The summed E-state index contributed by atoms with van der Waals surface area (Å²) in [5, 5.41) is 1.47. The zero-order valence-electron chi connectivity index (χ0n) is 10.1. The third-order valence-corrected chi connectivity index (χ3v) is 5.72. The zero-order chi connectivity index (χ0) is 10.9. The number of fused-ring (bicyclic) bond motifs is 2. The molecular formula is C13H22OSi. The van der Waals surface area contributed by atoms with Gasteiger partial charge in [-0.05, 0) is 46.0 Å². The molecule has 0 amide bonds. The maximum Gasteiger partial charge on any atom is 0.188 e. The van der Waals surface area contributed by atoms with Gasteiger partial charge in [-0.2, -0.15) is 0 Å². The van der Waals surface area contributed by atoms with Gasteiger partial charge in [0.1, 0.15) is 0 Å². The van der Waals surface area contributed by atoms with E-state index in [2.05, 4.69) is 39.0 Å². The summed E-state index contributed by atoms with van der Waals surface area (Å²) in [6, 6.07) is 0. The molecule has 0 heterocycles. The highest BCUT2D eigenvalue weighted by Gasteiger charge is 2.44. The fourth-order valence-corrected chi connectivity index (χ4v) is 3.81. The largest absolute Gasteiger partial charge is 0.415 e. The number of hydrogen-bond acceptors (Lipinski definition) is 1. The van der Waals surface area contributed by atoms with Crippen molar-refractivity contribution < 1.29 is 4.43 Å². The fraction of sp³-hybridized carbons (Fsp3) is 0.692. The van der Waals surface area contributed by atoms with Crippen LogP contribution in [0.4, 0.5) is 0 Å². The molecule has 0 N–H and O–H groups in total. The van der Waals surface area contributed by atoms with E-state index in [0.29, 0.717) is 11.5 Å². The van der Waals surface area contributed by atoms with Gasteiger partial charge >= 0.3 is 0 Å². The number of hydrogen-bond donors (Lipinski definition) is 0. The summed E-state index contributed by atoms with van der Waals surface area (Å²) in [5.74, 6) is 0.862. The smallest absolute Gasteiger partial charge is 0.188 e. The lowest BCUT2D eigenvalue weighted by atomic mass is 9.83. The predicted octanol–water partition coefficient (Wildman–Crippen LogP) is 2.76. The molecule has 2 aliphatic carbocycles. The van der Waals surface area contributed by atoms with Gasteiger partial charge in [-0.25, -0.2) is 0 Å². The highest BCUT2D eigenvalue weighted by molar-refractivity contribution is 6.37. The Bertz CT molecular complexity index is 295. The molecule has 2 bridgehead atoms. The summed E-state index contributed by atoms with van der Waals surface area (Å²) in [4.78, 5) is 0. The van der Waals surface area contributed by atoms with Crippen LogP contribution in [-0.2, 0) is 4.43 Å². The van der Waals surface area contributed by atoms with Gasteiger partial charge < -0.3 is 4.43 Å². The summed E-state index contributed by atoms with van der Waals surface area (Å²) in [6.07, 6.45) is 11.5. The Morgan fingerprint density at radius 2 is 2.47 bits per heavy atom. The molecule has 3 atom stereocenters. The summed E-state index contributed by atoms with van der Waals surface area (Å²) in [5.41, 5.74) is 0.408. The van der Waals surface area contributed by atoms with Crippen LogP contribution in [0.5, 0.6) is 0 Å². The van der Waals surface area contributed by atoms with Crippen LogP contribution >= 0.6 is 0 Å². The molecule has 0 aliphatic heterocycles. The van der Waals surface area contributed by atoms with E-state index < -0.39 is 9.76 Å². The Kier molecular flexibility index (Phi) is 3.17. The van der Waals surface area contributed by atoms with E-state index >= 15 is 0 Å². The fourth-order valence-electron chi connectivity index (χ4n) is 2.80. The minimum Gasteiger partial charge on any atom is -0.415 e. The molecule has 1 saturated carbocycles. The molecule has 84 valence electrons. The Hall–Kier alpha value is -0.343. The van der Waals surface area contributed by atoms with Crippen molar-refractivity contribution in [1.82, 2.24) is 0 Å². The van der Waals surface area contributed by atoms with E-state index in [1.54, 1.807) is 0 Å². The van der Waals surface area contributed by atoms with Gasteiger partial charge in [0.25, 0.3) is 0 Å². The molecule has 2 rings (SSSR count). The van der Waals surface area contributed by atoms with Gasteiger partial charge in [-0.15, -0.1) is 0 Å². The molecule has 1 fully saturated rings. The maximum atomic E-state index is 6.12. The van der Waals surface area contributed by atoms with Crippen molar-refractivity contribution in [2.24, 2.45) is 11.3 Å². The monoisotopic (exact) mass is 222 g/mol. The van der Waals surface area contributed by atoms with Gasteiger partial charge in [0.2, 0.25) is 0 Å². The third-order valence-electron chi connectivity index (χ3n) is 4.19. The summed E-state index contributed by atoms with van der Waals surface area (Å²) in [7, 11) is -0.446. The molecule has 0 aromatic rings. The first-order valence-electron chi connectivity index (χ1n) is 6.09. The van der Waals surface area contributed by atoms with Crippen LogP contribution in [0, 0.1) is 11.3 Å². The van der Waals surface area contributed by atoms with Crippen LogP contribution in [0.2, 0.25) is 0 Å². The Labute approximate surface area is 95.5 Å². The molecule has 3 unspecified atom stereocenters. The van der Waals surface area contributed by atoms with E-state index in [0.717, 1.165) is 5.92 Å². The molecule has 2 aliphatic rings. The van der Waals surface area contributed by atoms with E-state index in [1.807, 2.05) is 0 Å². The lowest BCUT2D eigenvalue weighted by Gasteiger charge is -2.31. The lowest BCUT2D eigenvalue weighted by molar-refractivity contribution is 0.111. The Balaban J connectivity index is 1.91. The van der Waals surface area contributed by atoms with Gasteiger partial charge in [0.15, 0.2) is 9.76 Å². The molecular weight excluding hydrogens is 200 g/mol. The quantitative estimate of drug-likeness (QED) is 0.525. The maximum absolute atomic E-state index is 6.12. The second-order valence-electron chi connectivity index (χ2n) is 5.18. The van der Waals surface area contributed by atoms with E-state index in [4.69, 9.17) is 4.43 Å². The van der Waals surface area contributed by atoms with E-state index in [-0.39, 0.29) is 0 Å². The summed E-state index contributed by atoms with van der Waals surface area (Å²) >= 11 is 0. The van der Waals surface area contributed by atoms with Crippen LogP contribution in [0.3, 0.4) is 0 Å². The van der Waals surface area contributed by atoms with Crippen molar-refractivity contribution in [3.05, 3.63) is 23.4 Å². The zero-order valence-corrected chi connectivity index (χ0v) is 11.5. The molecule has 0 spiro atoms. The van der Waals surface area contributed by atoms with Crippen LogP contribution < -0.4 is 0 Å². The Morgan fingerprint density at radius 3 is 2.93 bits per heavy atom. The number of allylic oxidation sites excluding steroid dienone is 3. The summed E-state index contributed by atoms with van der Waals surface area (Å²) in [6.45, 7) is 6.57. The molecule has 0 aromatic heterocycles. The molecule has 0 saturated heterocycles. The highest BCUT2D eigenvalue weighted by atomic mass is 28.2. The molecule has 0 radical (unpaired) electrons. The van der Waals surface area contributed by atoms with Crippen molar-refractivity contribution >= 4 is 9.76 Å². The molecule has 0 aromatic carbocycles. The average Bonchev–Trinajstić information content (AvgIpc) is 2.86. The lowest BCUT2D eigenvalue weighted by Crippen LogP contribution is -2.31. The predicted molar refractivity (Wildman–Crippen MR) is 67.4 cm³/mol. The van der Waals surface area contributed by atoms with Crippen LogP contribution in [0.1, 0.15) is 40.0 Å². The highest BCUT2D eigenvalue weighted by Crippen LogP contribution is 2.51. The second kappa shape index (κ2) is 4.26. The minimum atomic E-state index is -0.446. The standard InChI is InChI=1S/C13H22OSi/c1-4-10(2)15-14-11(3)13-7-5-12(9-13)6-8-13/h4-5,7,11-12H,6,8-9,15H2,1-3H3. The normalized spacial score (nSPS) is 37.0. The summed E-state index contributed by atoms with van der Waals surface area (Å²) < 4.78 is 6.12. The first kappa shape index (κ1) is 11.2. The van der Waals surface area contributed by atoms with Crippen molar-refractivity contribution in [2.45, 2.75) is 46.1 Å². The van der Waals surface area contributed by atoms with E-state index in [9.17, 15) is 0 Å². The van der Waals surface area contributed by atoms with E-state index in [1.165, 1.54) is 24.5 Å². The first-order chi connectivity index (χ1) is 7.16. The van der Waals surface area contributed by atoms with Gasteiger partial charge in [0.05, 0.1) is 6.10 Å².